The average molecular weight is 517 g/mol. The number of aromatic nitrogens is 2. The van der Waals surface area contributed by atoms with Gasteiger partial charge in [-0.15, -0.1) is 13.2 Å². The Morgan fingerprint density at radius 3 is 2.41 bits per heavy atom. The van der Waals surface area contributed by atoms with Crippen LogP contribution in [0.25, 0.3) is 11.0 Å². The number of hydrogen-bond acceptors (Lipinski definition) is 4. The molecule has 1 amide bonds. The van der Waals surface area contributed by atoms with E-state index in [4.69, 9.17) is 4.98 Å². The molecule has 1 aliphatic carbocycles. The van der Waals surface area contributed by atoms with Crippen molar-refractivity contribution in [2.45, 2.75) is 66.3 Å². The topological polar surface area (TPSA) is 59.4 Å². The summed E-state index contributed by atoms with van der Waals surface area (Å²) in [5.41, 5.74) is 2.97. The molecule has 4 rings (SSSR count). The molecular weight excluding hydrogens is 481 g/mol. The smallest absolute Gasteiger partial charge is 0.406 e. The van der Waals surface area contributed by atoms with Crippen molar-refractivity contribution >= 4 is 28.6 Å². The summed E-state index contributed by atoms with van der Waals surface area (Å²) in [6.45, 7) is 12.0. The molecule has 0 saturated heterocycles. The van der Waals surface area contributed by atoms with Crippen LogP contribution in [0.3, 0.4) is 0 Å². The van der Waals surface area contributed by atoms with Crippen molar-refractivity contribution in [1.82, 2.24) is 14.5 Å². The van der Waals surface area contributed by atoms with Crippen molar-refractivity contribution < 1.29 is 22.7 Å². The summed E-state index contributed by atoms with van der Waals surface area (Å²) in [5.74, 6) is 0.806. The molecule has 3 aromatic rings. The monoisotopic (exact) mass is 516 g/mol. The highest BCUT2D eigenvalue weighted by molar-refractivity contribution is 5.98. The third kappa shape index (κ3) is 6.19. The van der Waals surface area contributed by atoms with E-state index >= 15 is 0 Å². The Kier molecular flexibility index (Phi) is 7.44. The number of anilines is 2. The molecule has 0 radical (unpaired) electrons. The fourth-order valence-electron chi connectivity index (χ4n) is 5.74. The van der Waals surface area contributed by atoms with Crippen LogP contribution in [0.2, 0.25) is 0 Å². The van der Waals surface area contributed by atoms with E-state index in [-0.39, 0.29) is 23.1 Å². The fraction of sp³-hybridized carbons (Fsp3) is 0.500. The van der Waals surface area contributed by atoms with Gasteiger partial charge in [-0.25, -0.2) is 4.98 Å². The van der Waals surface area contributed by atoms with Gasteiger partial charge in [0.1, 0.15) is 5.75 Å². The van der Waals surface area contributed by atoms with E-state index in [1.54, 1.807) is 11.0 Å². The molecule has 200 valence electrons. The zero-order chi connectivity index (χ0) is 27.0. The maximum atomic E-state index is 13.1. The van der Waals surface area contributed by atoms with Crippen LogP contribution in [0, 0.1) is 11.3 Å². The number of carbonyl (C=O) groups excluding carboxylic acids is 1. The lowest BCUT2D eigenvalue weighted by molar-refractivity contribution is -0.274. The number of rotatable bonds is 7. The Bertz CT molecular complexity index is 1250. The normalized spacial score (nSPS) is 19.6. The molecule has 2 atom stereocenters. The number of imidazole rings is 1. The van der Waals surface area contributed by atoms with Crippen LogP contribution in [0.4, 0.5) is 24.8 Å². The van der Waals surface area contributed by atoms with Crippen molar-refractivity contribution in [3.8, 4) is 5.75 Å². The summed E-state index contributed by atoms with van der Waals surface area (Å²) < 4.78 is 43.9. The van der Waals surface area contributed by atoms with Gasteiger partial charge in [-0.1, -0.05) is 20.8 Å². The van der Waals surface area contributed by atoms with E-state index in [9.17, 15) is 18.0 Å². The Labute approximate surface area is 215 Å². The van der Waals surface area contributed by atoms with Crippen molar-refractivity contribution in [2.24, 2.45) is 11.3 Å². The first-order valence-electron chi connectivity index (χ1n) is 12.8. The zero-order valence-electron chi connectivity index (χ0n) is 22.0. The SMILES string of the molecule is CCN(CC)C(=O)c1ccc2nc(Nc3ccc(OC(F)(F)F)cc3)n(C3C[C@H](C)CC(C)(C)C3)c2c1. The van der Waals surface area contributed by atoms with Gasteiger partial charge >= 0.3 is 6.36 Å². The molecule has 6 nitrogen and oxygen atoms in total. The standard InChI is InChI=1S/C28H35F3N4O2/c1-6-34(7-2)25(36)19-8-13-23-24(15-19)35(21-14-18(3)16-27(4,5)17-21)26(33-23)32-20-9-11-22(12-10-20)37-28(29,30)31/h8-13,15,18,21H,6-7,14,16-17H2,1-5H3,(H,32,33)/t18-,21?/m0/s1. The fourth-order valence-corrected chi connectivity index (χ4v) is 5.74. The average Bonchev–Trinajstić information content (AvgIpc) is 3.15. The molecular formula is C28H35F3N4O2. The van der Waals surface area contributed by atoms with Gasteiger partial charge in [0.2, 0.25) is 5.95 Å². The van der Waals surface area contributed by atoms with Crippen LogP contribution in [-0.2, 0) is 0 Å². The third-order valence-corrected chi connectivity index (χ3v) is 7.06. The van der Waals surface area contributed by atoms with Crippen LogP contribution in [0.1, 0.15) is 70.3 Å². The minimum Gasteiger partial charge on any atom is -0.406 e. The Morgan fingerprint density at radius 1 is 1.14 bits per heavy atom. The summed E-state index contributed by atoms with van der Waals surface area (Å²) in [7, 11) is 0. The quantitative estimate of drug-likeness (QED) is 0.352. The number of nitrogens with zero attached hydrogens (tertiary/aromatic N) is 3. The van der Waals surface area contributed by atoms with Gasteiger partial charge < -0.3 is 19.5 Å². The first-order chi connectivity index (χ1) is 17.4. The van der Waals surface area contributed by atoms with Gasteiger partial charge in [-0.3, -0.25) is 4.79 Å². The first-order valence-corrected chi connectivity index (χ1v) is 12.8. The number of fused-ring (bicyclic) bond motifs is 1. The lowest BCUT2D eigenvalue weighted by Gasteiger charge is -2.40. The molecule has 1 N–H and O–H groups in total. The van der Waals surface area contributed by atoms with E-state index in [0.717, 1.165) is 30.3 Å². The Morgan fingerprint density at radius 2 is 1.81 bits per heavy atom. The molecule has 1 unspecified atom stereocenters. The van der Waals surface area contributed by atoms with Crippen molar-refractivity contribution in [2.75, 3.05) is 18.4 Å². The molecule has 1 aromatic heterocycles. The summed E-state index contributed by atoms with van der Waals surface area (Å²) in [4.78, 5) is 19.7. The highest BCUT2D eigenvalue weighted by atomic mass is 19.4. The summed E-state index contributed by atoms with van der Waals surface area (Å²) in [5, 5.41) is 3.30. The molecule has 1 heterocycles. The number of ether oxygens (including phenoxy) is 1. The Balaban J connectivity index is 1.76. The summed E-state index contributed by atoms with van der Waals surface area (Å²) in [6, 6.07) is 11.4. The van der Waals surface area contributed by atoms with Gasteiger partial charge in [0.15, 0.2) is 0 Å². The highest BCUT2D eigenvalue weighted by Gasteiger charge is 2.35. The molecule has 1 aliphatic rings. The van der Waals surface area contributed by atoms with Gasteiger partial charge in [0.25, 0.3) is 5.91 Å². The van der Waals surface area contributed by atoms with Crippen molar-refractivity contribution in [3.63, 3.8) is 0 Å². The molecule has 2 aromatic carbocycles. The predicted octanol–water partition coefficient (Wildman–Crippen LogP) is 7.55. The van der Waals surface area contributed by atoms with Crippen LogP contribution in [0.5, 0.6) is 5.75 Å². The van der Waals surface area contributed by atoms with Crippen LogP contribution >= 0.6 is 0 Å². The van der Waals surface area contributed by atoms with Gasteiger partial charge in [-0.2, -0.15) is 0 Å². The van der Waals surface area contributed by atoms with Gasteiger partial charge in [-0.05, 0) is 86.9 Å². The van der Waals surface area contributed by atoms with E-state index < -0.39 is 6.36 Å². The van der Waals surface area contributed by atoms with Crippen LogP contribution in [0.15, 0.2) is 42.5 Å². The summed E-state index contributed by atoms with van der Waals surface area (Å²) >= 11 is 0. The third-order valence-electron chi connectivity index (χ3n) is 7.06. The van der Waals surface area contributed by atoms with Gasteiger partial charge in [0.05, 0.1) is 11.0 Å². The largest absolute Gasteiger partial charge is 0.573 e. The number of benzene rings is 2. The second-order valence-electron chi connectivity index (χ2n) is 10.8. The Hall–Kier alpha value is -3.23. The molecule has 0 bridgehead atoms. The van der Waals surface area contributed by atoms with E-state index in [0.29, 0.717) is 36.2 Å². The lowest BCUT2D eigenvalue weighted by Crippen LogP contribution is -2.31. The molecule has 1 saturated carbocycles. The number of alkyl halides is 3. The number of amides is 1. The molecule has 0 spiro atoms. The number of carbonyl (C=O) groups is 1. The number of hydrogen-bond donors (Lipinski definition) is 1. The minimum atomic E-state index is -4.74. The van der Waals surface area contributed by atoms with Gasteiger partial charge in [0, 0.05) is 30.4 Å². The molecule has 9 heteroatoms. The maximum Gasteiger partial charge on any atom is 0.573 e. The number of nitrogens with one attached hydrogen (secondary N) is 1. The highest BCUT2D eigenvalue weighted by Crippen LogP contribution is 2.46. The zero-order valence-corrected chi connectivity index (χ0v) is 22.0. The molecule has 0 aliphatic heterocycles. The maximum absolute atomic E-state index is 13.1. The second kappa shape index (κ2) is 10.3. The van der Waals surface area contributed by atoms with Crippen molar-refractivity contribution in [1.29, 1.82) is 0 Å². The second-order valence-corrected chi connectivity index (χ2v) is 10.8. The van der Waals surface area contributed by atoms with E-state index in [2.05, 4.69) is 35.4 Å². The van der Waals surface area contributed by atoms with Crippen LogP contribution < -0.4 is 10.1 Å². The van der Waals surface area contributed by atoms with E-state index in [1.807, 2.05) is 26.0 Å². The predicted molar refractivity (Wildman–Crippen MR) is 139 cm³/mol. The number of halogens is 3. The van der Waals surface area contributed by atoms with E-state index in [1.165, 1.54) is 24.3 Å². The minimum absolute atomic E-state index is 0.0215. The molecule has 37 heavy (non-hydrogen) atoms. The summed E-state index contributed by atoms with van der Waals surface area (Å²) in [6.07, 6.45) is -1.70. The van der Waals surface area contributed by atoms with Crippen molar-refractivity contribution in [3.05, 3.63) is 48.0 Å². The lowest BCUT2D eigenvalue weighted by atomic mass is 9.70. The first kappa shape index (κ1) is 26.8. The van der Waals surface area contributed by atoms with Crippen LogP contribution in [-0.4, -0.2) is 39.8 Å². The molecule has 1 fully saturated rings.